The van der Waals surface area contributed by atoms with Crippen LogP contribution in [0.15, 0.2) is 18.3 Å². The zero-order valence-electron chi connectivity index (χ0n) is 19.5. The van der Waals surface area contributed by atoms with Crippen LogP contribution in [0.4, 0.5) is 4.39 Å². The number of hydrogen-bond acceptors (Lipinski definition) is 6. The number of piperidine rings is 2. The number of amides is 3. The molecule has 0 aliphatic carbocycles. The molecule has 1 aromatic heterocycles. The molecular weight excluding hydrogens is 453 g/mol. The molecule has 35 heavy (non-hydrogen) atoms. The van der Waals surface area contributed by atoms with Gasteiger partial charge in [0.05, 0.1) is 12.3 Å². The number of imidazole rings is 1. The monoisotopic (exact) mass is 481 g/mol. The van der Waals surface area contributed by atoms with E-state index in [0.717, 1.165) is 56.0 Å². The summed E-state index contributed by atoms with van der Waals surface area (Å²) in [7, 11) is 0. The lowest BCUT2D eigenvalue weighted by Gasteiger charge is -2.33. The van der Waals surface area contributed by atoms with Crippen LogP contribution in [0.2, 0.25) is 0 Å². The Morgan fingerprint density at radius 2 is 1.94 bits per heavy atom. The minimum Gasteiger partial charge on any atom is -0.372 e. The van der Waals surface area contributed by atoms with Crippen LogP contribution in [0.5, 0.6) is 0 Å². The number of carbonyl (C=O) groups excluding carboxylic acids is 3. The van der Waals surface area contributed by atoms with Gasteiger partial charge < -0.3 is 14.2 Å². The summed E-state index contributed by atoms with van der Waals surface area (Å²) in [5, 5.41) is 2.32. The molecule has 4 aliphatic heterocycles. The van der Waals surface area contributed by atoms with Crippen molar-refractivity contribution in [3.8, 4) is 0 Å². The molecule has 6 rings (SSSR count). The highest BCUT2D eigenvalue weighted by Crippen LogP contribution is 2.38. The van der Waals surface area contributed by atoms with Crippen molar-refractivity contribution in [2.24, 2.45) is 0 Å². The van der Waals surface area contributed by atoms with Crippen molar-refractivity contribution in [3.63, 3.8) is 0 Å². The van der Waals surface area contributed by atoms with Crippen molar-refractivity contribution >= 4 is 17.7 Å². The molecule has 3 amide bonds. The zero-order valence-corrected chi connectivity index (χ0v) is 19.5. The molecular formula is C25H28FN5O4. The highest BCUT2D eigenvalue weighted by atomic mass is 19.1. The van der Waals surface area contributed by atoms with Gasteiger partial charge in [0.15, 0.2) is 0 Å². The second-order valence-corrected chi connectivity index (χ2v) is 9.84. The number of fused-ring (bicyclic) bond motifs is 2. The molecule has 1 unspecified atom stereocenters. The molecule has 2 saturated heterocycles. The Balaban J connectivity index is 1.16. The summed E-state index contributed by atoms with van der Waals surface area (Å²) >= 11 is 0. The van der Waals surface area contributed by atoms with Crippen molar-refractivity contribution in [2.45, 2.75) is 63.9 Å². The highest BCUT2D eigenvalue weighted by molar-refractivity contribution is 6.05. The lowest BCUT2D eigenvalue weighted by atomic mass is 9.85. The summed E-state index contributed by atoms with van der Waals surface area (Å²) in [6.45, 7) is 4.94. The molecule has 1 atom stereocenters. The van der Waals surface area contributed by atoms with Gasteiger partial charge >= 0.3 is 0 Å². The molecule has 1 aromatic carbocycles. The normalized spacial score (nSPS) is 23.4. The Labute approximate surface area is 202 Å². The molecule has 4 aliphatic rings. The number of nitrogens with zero attached hydrogens (tertiary/aromatic N) is 4. The summed E-state index contributed by atoms with van der Waals surface area (Å²) < 4.78 is 22.3. The minimum absolute atomic E-state index is 0.151. The maximum absolute atomic E-state index is 14.6. The van der Waals surface area contributed by atoms with E-state index in [1.165, 1.54) is 16.7 Å². The predicted octanol–water partition coefficient (Wildman–Crippen LogP) is 1.69. The average Bonchev–Trinajstić information content (AvgIpc) is 3.40. The smallest absolute Gasteiger partial charge is 0.255 e. The molecule has 1 N–H and O–H groups in total. The number of rotatable bonds is 4. The standard InChI is InChI=1S/C25H28FN5O4/c26-16-9-18(20-13-31(25(34)19(20)10-16)21-1-2-23(32)28-24(21)33)15-3-5-29(6-4-15)12-17-11-27-22-14-35-8-7-30(17)22/h9-11,15,21H,1-8,12-14H2,(H,28,32,33). The molecule has 10 heteroatoms. The summed E-state index contributed by atoms with van der Waals surface area (Å²) in [4.78, 5) is 45.4. The maximum atomic E-state index is 14.6. The second kappa shape index (κ2) is 8.83. The van der Waals surface area contributed by atoms with Gasteiger partial charge in [-0.05, 0) is 61.5 Å². The molecule has 0 spiro atoms. The van der Waals surface area contributed by atoms with Gasteiger partial charge in [0.1, 0.15) is 24.3 Å². The molecule has 2 aromatic rings. The lowest BCUT2D eigenvalue weighted by molar-refractivity contribution is -0.136. The van der Waals surface area contributed by atoms with Gasteiger partial charge in [-0.25, -0.2) is 9.37 Å². The first-order valence-corrected chi connectivity index (χ1v) is 12.3. The van der Waals surface area contributed by atoms with Crippen LogP contribution >= 0.6 is 0 Å². The van der Waals surface area contributed by atoms with E-state index < -0.39 is 17.8 Å². The van der Waals surface area contributed by atoms with Crippen LogP contribution in [0.3, 0.4) is 0 Å². The third-order valence-electron chi connectivity index (χ3n) is 7.78. The van der Waals surface area contributed by atoms with Gasteiger partial charge in [0.2, 0.25) is 11.8 Å². The van der Waals surface area contributed by atoms with E-state index in [1.807, 2.05) is 6.20 Å². The van der Waals surface area contributed by atoms with Crippen molar-refractivity contribution in [2.75, 3.05) is 19.7 Å². The largest absolute Gasteiger partial charge is 0.372 e. The van der Waals surface area contributed by atoms with Gasteiger partial charge in [0.25, 0.3) is 5.91 Å². The highest BCUT2D eigenvalue weighted by Gasteiger charge is 2.41. The molecule has 184 valence electrons. The number of likely N-dealkylation sites (tertiary alicyclic amines) is 1. The number of imide groups is 1. The van der Waals surface area contributed by atoms with Gasteiger partial charge in [-0.2, -0.15) is 0 Å². The predicted molar refractivity (Wildman–Crippen MR) is 122 cm³/mol. The zero-order chi connectivity index (χ0) is 24.1. The van der Waals surface area contributed by atoms with Crippen LogP contribution in [0.1, 0.15) is 64.6 Å². The molecule has 5 heterocycles. The van der Waals surface area contributed by atoms with Crippen LogP contribution < -0.4 is 5.32 Å². The fourth-order valence-corrected chi connectivity index (χ4v) is 5.94. The number of halogens is 1. The Kier molecular flexibility index (Phi) is 5.64. The van der Waals surface area contributed by atoms with Crippen LogP contribution in [-0.4, -0.2) is 62.8 Å². The number of aromatic nitrogens is 2. The fourth-order valence-electron chi connectivity index (χ4n) is 5.94. The summed E-state index contributed by atoms with van der Waals surface area (Å²) in [5.41, 5.74) is 3.24. The van der Waals surface area contributed by atoms with Crippen LogP contribution in [-0.2, 0) is 40.6 Å². The van der Waals surface area contributed by atoms with Gasteiger partial charge in [-0.15, -0.1) is 0 Å². The SMILES string of the molecule is O=C1CCC(N2Cc3c(cc(F)cc3C3CCN(Cc4cnc5n4CCOC5)CC3)C2=O)C(=O)N1. The first kappa shape index (κ1) is 22.4. The van der Waals surface area contributed by atoms with E-state index in [0.29, 0.717) is 25.2 Å². The number of ether oxygens (including phenoxy) is 1. The average molecular weight is 482 g/mol. The maximum Gasteiger partial charge on any atom is 0.255 e. The van der Waals surface area contributed by atoms with E-state index in [2.05, 4.69) is 19.8 Å². The van der Waals surface area contributed by atoms with Crippen LogP contribution in [0, 0.1) is 5.82 Å². The number of benzene rings is 1. The summed E-state index contributed by atoms with van der Waals surface area (Å²) in [6, 6.07) is 2.15. The van der Waals surface area contributed by atoms with Crippen molar-refractivity contribution in [1.82, 2.24) is 24.7 Å². The third kappa shape index (κ3) is 4.04. The van der Waals surface area contributed by atoms with E-state index in [-0.39, 0.29) is 30.7 Å². The van der Waals surface area contributed by atoms with E-state index in [4.69, 9.17) is 4.74 Å². The van der Waals surface area contributed by atoms with Crippen LogP contribution in [0.25, 0.3) is 0 Å². The summed E-state index contributed by atoms with van der Waals surface area (Å²) in [5.74, 6) is -0.403. The van der Waals surface area contributed by atoms with Gasteiger partial charge in [0, 0.05) is 37.8 Å². The quantitative estimate of drug-likeness (QED) is 0.668. The first-order chi connectivity index (χ1) is 17.0. The third-order valence-corrected chi connectivity index (χ3v) is 7.78. The minimum atomic E-state index is -0.697. The Morgan fingerprint density at radius 1 is 1.11 bits per heavy atom. The topological polar surface area (TPSA) is 96.8 Å². The first-order valence-electron chi connectivity index (χ1n) is 12.3. The number of hydrogen-bond donors (Lipinski definition) is 1. The summed E-state index contributed by atoms with van der Waals surface area (Å²) in [6.07, 6.45) is 4.17. The second-order valence-electron chi connectivity index (χ2n) is 9.84. The van der Waals surface area contributed by atoms with Gasteiger partial charge in [-0.1, -0.05) is 0 Å². The Morgan fingerprint density at radius 3 is 2.74 bits per heavy atom. The molecule has 0 saturated carbocycles. The Bertz CT molecular complexity index is 1200. The number of carbonyl (C=O) groups is 3. The molecule has 0 radical (unpaired) electrons. The molecule has 0 bridgehead atoms. The van der Waals surface area contributed by atoms with E-state index in [1.54, 1.807) is 6.07 Å². The van der Waals surface area contributed by atoms with Crippen molar-refractivity contribution in [1.29, 1.82) is 0 Å². The van der Waals surface area contributed by atoms with Crippen molar-refractivity contribution in [3.05, 3.63) is 52.4 Å². The lowest BCUT2D eigenvalue weighted by Crippen LogP contribution is -2.52. The van der Waals surface area contributed by atoms with E-state index in [9.17, 15) is 18.8 Å². The van der Waals surface area contributed by atoms with E-state index >= 15 is 0 Å². The van der Waals surface area contributed by atoms with Gasteiger partial charge in [-0.3, -0.25) is 24.6 Å². The van der Waals surface area contributed by atoms with Crippen molar-refractivity contribution < 1.29 is 23.5 Å². The Hall–Kier alpha value is -3.11. The number of nitrogens with one attached hydrogen (secondary N) is 1. The molecule has 2 fully saturated rings. The fraction of sp³-hybridized carbons (Fsp3) is 0.520. The molecule has 9 nitrogen and oxygen atoms in total.